The van der Waals surface area contributed by atoms with Crippen LogP contribution in [0.4, 0.5) is 0 Å². The van der Waals surface area contributed by atoms with Crippen LogP contribution in [-0.4, -0.2) is 13.0 Å². The Morgan fingerprint density at radius 1 is 1.10 bits per heavy atom. The van der Waals surface area contributed by atoms with Gasteiger partial charge in [0.25, 0.3) is 0 Å². The van der Waals surface area contributed by atoms with Crippen LogP contribution in [0.2, 0.25) is 0 Å². The number of amides is 1. The number of para-hydroxylation sites is 1. The van der Waals surface area contributed by atoms with Crippen LogP contribution in [0.3, 0.4) is 0 Å². The fourth-order valence-corrected chi connectivity index (χ4v) is 2.30. The van der Waals surface area contributed by atoms with Gasteiger partial charge in [0.05, 0.1) is 13.2 Å². The molecule has 0 radical (unpaired) electrons. The summed E-state index contributed by atoms with van der Waals surface area (Å²) in [6, 6.07) is 17.8. The number of rotatable bonds is 6. The molecule has 110 valence electrons. The van der Waals surface area contributed by atoms with Gasteiger partial charge in [-0.1, -0.05) is 48.5 Å². The Labute approximate surface area is 126 Å². The van der Waals surface area contributed by atoms with Crippen LogP contribution in [0.1, 0.15) is 30.5 Å². The van der Waals surface area contributed by atoms with E-state index >= 15 is 0 Å². The first kappa shape index (κ1) is 15.1. The van der Waals surface area contributed by atoms with E-state index in [0.29, 0.717) is 12.8 Å². The van der Waals surface area contributed by atoms with Crippen LogP contribution >= 0.6 is 0 Å². The molecule has 0 bridgehead atoms. The molecule has 3 nitrogen and oxygen atoms in total. The Hall–Kier alpha value is -2.29. The van der Waals surface area contributed by atoms with Gasteiger partial charge in [-0.15, -0.1) is 0 Å². The number of carbonyl (C=O) groups excluding carboxylic acids is 1. The highest BCUT2D eigenvalue weighted by Gasteiger charge is 2.10. The Morgan fingerprint density at radius 3 is 2.48 bits per heavy atom. The number of aryl methyl sites for hydroxylation is 1. The lowest BCUT2D eigenvalue weighted by atomic mass is 10.1. The molecule has 0 aliphatic heterocycles. The fraction of sp³-hybridized carbons (Fsp3) is 0.278. The minimum absolute atomic E-state index is 0.0244. The molecule has 21 heavy (non-hydrogen) atoms. The summed E-state index contributed by atoms with van der Waals surface area (Å²) in [6.45, 7) is 2.00. The van der Waals surface area contributed by atoms with Crippen molar-refractivity contribution in [3.63, 3.8) is 0 Å². The van der Waals surface area contributed by atoms with Gasteiger partial charge in [-0.25, -0.2) is 0 Å². The molecule has 1 atom stereocenters. The number of carbonyl (C=O) groups is 1. The lowest BCUT2D eigenvalue weighted by Gasteiger charge is -2.14. The van der Waals surface area contributed by atoms with Gasteiger partial charge in [-0.3, -0.25) is 4.79 Å². The van der Waals surface area contributed by atoms with Crippen molar-refractivity contribution < 1.29 is 9.53 Å². The van der Waals surface area contributed by atoms with Gasteiger partial charge < -0.3 is 10.1 Å². The van der Waals surface area contributed by atoms with Crippen molar-refractivity contribution >= 4 is 5.91 Å². The van der Waals surface area contributed by atoms with Gasteiger partial charge in [0, 0.05) is 6.42 Å². The van der Waals surface area contributed by atoms with E-state index in [-0.39, 0.29) is 11.9 Å². The molecule has 2 aromatic rings. The maximum atomic E-state index is 12.0. The average Bonchev–Trinajstić information content (AvgIpc) is 2.54. The van der Waals surface area contributed by atoms with Gasteiger partial charge >= 0.3 is 0 Å². The molecule has 0 fully saturated rings. The molecule has 0 saturated carbocycles. The van der Waals surface area contributed by atoms with Crippen molar-refractivity contribution in [1.82, 2.24) is 5.32 Å². The van der Waals surface area contributed by atoms with Gasteiger partial charge in [-0.05, 0) is 30.5 Å². The maximum Gasteiger partial charge on any atom is 0.220 e. The van der Waals surface area contributed by atoms with Crippen molar-refractivity contribution in [2.75, 3.05) is 7.11 Å². The molecule has 0 unspecified atom stereocenters. The second-order valence-electron chi connectivity index (χ2n) is 5.01. The highest BCUT2D eigenvalue weighted by Crippen LogP contribution is 2.19. The number of hydrogen-bond donors (Lipinski definition) is 1. The summed E-state index contributed by atoms with van der Waals surface area (Å²) >= 11 is 0. The van der Waals surface area contributed by atoms with E-state index in [1.54, 1.807) is 7.11 Å². The minimum atomic E-state index is 0.0244. The first-order valence-corrected chi connectivity index (χ1v) is 7.17. The molecule has 1 N–H and O–H groups in total. The topological polar surface area (TPSA) is 38.3 Å². The smallest absolute Gasteiger partial charge is 0.220 e. The second-order valence-corrected chi connectivity index (χ2v) is 5.01. The lowest BCUT2D eigenvalue weighted by molar-refractivity contribution is -0.121. The maximum absolute atomic E-state index is 12.0. The van der Waals surface area contributed by atoms with E-state index < -0.39 is 0 Å². The van der Waals surface area contributed by atoms with Gasteiger partial charge in [0.15, 0.2) is 0 Å². The normalized spacial score (nSPS) is 11.7. The van der Waals surface area contributed by atoms with Crippen molar-refractivity contribution in [3.05, 3.63) is 65.7 Å². The Kier molecular flexibility index (Phi) is 5.38. The monoisotopic (exact) mass is 283 g/mol. The third-order valence-electron chi connectivity index (χ3n) is 3.49. The highest BCUT2D eigenvalue weighted by molar-refractivity contribution is 5.76. The molecule has 0 spiro atoms. The van der Waals surface area contributed by atoms with Crippen LogP contribution in [-0.2, 0) is 11.2 Å². The lowest BCUT2D eigenvalue weighted by Crippen LogP contribution is -2.26. The van der Waals surface area contributed by atoms with Gasteiger partial charge in [-0.2, -0.15) is 0 Å². The molecular formula is C18H21NO2. The van der Waals surface area contributed by atoms with Gasteiger partial charge in [0.2, 0.25) is 5.91 Å². The standard InChI is InChI=1S/C18H21NO2/c1-14(15-8-4-3-5-9-15)19-18(20)13-12-16-10-6-7-11-17(16)21-2/h3-11,14H,12-13H2,1-2H3,(H,19,20)/t14-/m1/s1. The minimum Gasteiger partial charge on any atom is -0.496 e. The largest absolute Gasteiger partial charge is 0.496 e. The highest BCUT2D eigenvalue weighted by atomic mass is 16.5. The van der Waals surface area contributed by atoms with Crippen LogP contribution in [0.15, 0.2) is 54.6 Å². The predicted octanol–water partition coefficient (Wildman–Crippen LogP) is 3.51. The molecule has 2 aromatic carbocycles. The van der Waals surface area contributed by atoms with Crippen LogP contribution in [0.5, 0.6) is 5.75 Å². The zero-order valence-electron chi connectivity index (χ0n) is 12.5. The third kappa shape index (κ3) is 4.35. The number of nitrogens with one attached hydrogen (secondary N) is 1. The van der Waals surface area contributed by atoms with E-state index in [1.165, 1.54) is 0 Å². The predicted molar refractivity (Wildman–Crippen MR) is 84.3 cm³/mol. The molecule has 0 aliphatic rings. The Balaban J connectivity index is 1.88. The summed E-state index contributed by atoms with van der Waals surface area (Å²) < 4.78 is 5.30. The quantitative estimate of drug-likeness (QED) is 0.881. The van der Waals surface area contributed by atoms with E-state index in [0.717, 1.165) is 16.9 Å². The molecule has 0 saturated heterocycles. The van der Waals surface area contributed by atoms with Gasteiger partial charge in [0.1, 0.15) is 5.75 Å². The van der Waals surface area contributed by atoms with E-state index in [1.807, 2.05) is 61.5 Å². The Morgan fingerprint density at radius 2 is 1.76 bits per heavy atom. The molecule has 0 aliphatic carbocycles. The summed E-state index contributed by atoms with van der Waals surface area (Å²) in [5.74, 6) is 0.888. The van der Waals surface area contributed by atoms with E-state index in [4.69, 9.17) is 4.74 Å². The summed E-state index contributed by atoms with van der Waals surface area (Å²) in [4.78, 5) is 12.0. The van der Waals surface area contributed by atoms with E-state index in [2.05, 4.69) is 5.32 Å². The number of methoxy groups -OCH3 is 1. The SMILES string of the molecule is COc1ccccc1CCC(=O)N[C@H](C)c1ccccc1. The summed E-state index contributed by atoms with van der Waals surface area (Å²) in [5.41, 5.74) is 2.17. The summed E-state index contributed by atoms with van der Waals surface area (Å²) in [5, 5.41) is 3.02. The van der Waals surface area contributed by atoms with Crippen molar-refractivity contribution in [2.45, 2.75) is 25.8 Å². The Bertz CT molecular complexity index is 581. The van der Waals surface area contributed by atoms with Crippen LogP contribution in [0, 0.1) is 0 Å². The number of hydrogen-bond acceptors (Lipinski definition) is 2. The molecule has 2 rings (SSSR count). The zero-order chi connectivity index (χ0) is 15.1. The van der Waals surface area contributed by atoms with Crippen molar-refractivity contribution in [3.8, 4) is 5.75 Å². The van der Waals surface area contributed by atoms with E-state index in [9.17, 15) is 4.79 Å². The zero-order valence-corrected chi connectivity index (χ0v) is 12.5. The molecular weight excluding hydrogens is 262 g/mol. The summed E-state index contributed by atoms with van der Waals surface area (Å²) in [7, 11) is 1.65. The molecule has 0 heterocycles. The third-order valence-corrected chi connectivity index (χ3v) is 3.49. The average molecular weight is 283 g/mol. The molecule has 3 heteroatoms. The molecule has 0 aromatic heterocycles. The summed E-state index contributed by atoms with van der Waals surface area (Å²) in [6.07, 6.45) is 1.13. The van der Waals surface area contributed by atoms with Crippen molar-refractivity contribution in [2.24, 2.45) is 0 Å². The molecule has 1 amide bonds. The van der Waals surface area contributed by atoms with Crippen molar-refractivity contribution in [1.29, 1.82) is 0 Å². The van der Waals surface area contributed by atoms with Crippen LogP contribution in [0.25, 0.3) is 0 Å². The fourth-order valence-electron chi connectivity index (χ4n) is 2.30. The second kappa shape index (κ2) is 7.48. The first-order valence-electron chi connectivity index (χ1n) is 7.17. The number of benzene rings is 2. The first-order chi connectivity index (χ1) is 10.2. The van der Waals surface area contributed by atoms with Crippen LogP contribution < -0.4 is 10.1 Å². The number of ether oxygens (including phenoxy) is 1.